The van der Waals surface area contributed by atoms with Crippen LogP contribution in [0.1, 0.15) is 59.9 Å². The van der Waals surface area contributed by atoms with Gasteiger partial charge in [0.05, 0.1) is 67.4 Å². The van der Waals surface area contributed by atoms with Crippen LogP contribution in [0.2, 0.25) is 20.1 Å². The molecule has 0 spiro atoms. The summed E-state index contributed by atoms with van der Waals surface area (Å²) in [5.74, 6) is -0.139. The molecule has 0 radical (unpaired) electrons. The Balaban J connectivity index is 0.000000169. The van der Waals surface area contributed by atoms with E-state index in [2.05, 4.69) is 10.2 Å². The molecule has 212 valence electrons. The molecule has 0 unspecified atom stereocenters. The average molecular weight is 632 g/mol. The number of fused-ring (bicyclic) bond motifs is 2. The minimum Gasteiger partial charge on any atom is -0.463 e. The number of halogens is 4. The SMILES string of the molecule is CCOC(=O)/C=C1\CCCc2c1cnn2-c1ccc(Cl)c(Cl)c1.O=C1CCCc2c1cnn2-c1ccc(Cl)c(Cl)c1. The highest BCUT2D eigenvalue weighted by Gasteiger charge is 2.23. The summed E-state index contributed by atoms with van der Waals surface area (Å²) in [6.07, 6.45) is 10.1. The molecule has 4 aromatic rings. The fourth-order valence-electron chi connectivity index (χ4n) is 5.02. The van der Waals surface area contributed by atoms with Gasteiger partial charge in [-0.25, -0.2) is 14.2 Å². The molecule has 0 atom stereocenters. The second-order valence-corrected chi connectivity index (χ2v) is 11.2. The summed E-state index contributed by atoms with van der Waals surface area (Å²) in [5.41, 5.74) is 6.42. The van der Waals surface area contributed by atoms with Crippen LogP contribution in [0.25, 0.3) is 16.9 Å². The Kier molecular flexibility index (Phi) is 9.19. The standard InChI is InChI=1S/C17H16Cl2N2O2.C13H10Cl2N2O/c1-2-23-17(22)8-11-4-3-5-16-13(11)10-20-21(16)12-6-7-14(18)15(19)9-12;14-10-5-4-8(6-11(10)15)17-12-2-1-3-13(18)9(12)7-16-17/h6-10H,2-5H2,1H3;4-7H,1-3H2/b11-8+;. The fraction of sp³-hybridized carbons (Fsp3) is 0.267. The Morgan fingerprint density at radius 3 is 1.90 bits per heavy atom. The van der Waals surface area contributed by atoms with Crippen LogP contribution >= 0.6 is 46.4 Å². The lowest BCUT2D eigenvalue weighted by molar-refractivity contribution is -0.137. The van der Waals surface area contributed by atoms with Gasteiger partial charge >= 0.3 is 5.97 Å². The van der Waals surface area contributed by atoms with Crippen LogP contribution in [0.15, 0.2) is 54.9 Å². The molecule has 0 fully saturated rings. The third-order valence-electron chi connectivity index (χ3n) is 6.94. The molecular weight excluding hydrogens is 606 g/mol. The van der Waals surface area contributed by atoms with E-state index in [4.69, 9.17) is 51.1 Å². The minimum absolute atomic E-state index is 0.169. The maximum atomic E-state index is 11.8. The Labute approximate surface area is 257 Å². The molecular formula is C30H26Cl4N4O3. The third kappa shape index (κ3) is 6.38. The molecule has 0 bridgehead atoms. The lowest BCUT2D eigenvalue weighted by Crippen LogP contribution is -2.12. The lowest BCUT2D eigenvalue weighted by Gasteiger charge is -2.17. The molecule has 2 aromatic carbocycles. The molecule has 0 amide bonds. The van der Waals surface area contributed by atoms with Crippen LogP contribution < -0.4 is 0 Å². The van der Waals surface area contributed by atoms with E-state index in [0.717, 1.165) is 71.6 Å². The maximum absolute atomic E-state index is 11.8. The van der Waals surface area contributed by atoms with Crippen molar-refractivity contribution in [3.8, 4) is 11.4 Å². The van der Waals surface area contributed by atoms with Gasteiger partial charge in [-0.2, -0.15) is 10.2 Å². The highest BCUT2D eigenvalue weighted by molar-refractivity contribution is 6.42. The summed E-state index contributed by atoms with van der Waals surface area (Å²) in [5, 5.41) is 10.8. The molecule has 11 heteroatoms. The predicted molar refractivity (Wildman–Crippen MR) is 162 cm³/mol. The summed E-state index contributed by atoms with van der Waals surface area (Å²) >= 11 is 24.0. The zero-order chi connectivity index (χ0) is 29.1. The first-order valence-electron chi connectivity index (χ1n) is 13.2. The largest absolute Gasteiger partial charge is 0.463 e. The van der Waals surface area contributed by atoms with E-state index in [0.29, 0.717) is 33.1 Å². The van der Waals surface area contributed by atoms with E-state index in [9.17, 15) is 9.59 Å². The highest BCUT2D eigenvalue weighted by atomic mass is 35.5. The zero-order valence-corrected chi connectivity index (χ0v) is 25.2. The van der Waals surface area contributed by atoms with Gasteiger partial charge in [0.1, 0.15) is 0 Å². The molecule has 2 aromatic heterocycles. The number of benzene rings is 2. The average Bonchev–Trinajstić information content (AvgIpc) is 3.59. The van der Waals surface area contributed by atoms with E-state index >= 15 is 0 Å². The van der Waals surface area contributed by atoms with E-state index < -0.39 is 0 Å². The number of Topliss-reactive ketones (excluding diaryl/α,β-unsaturated/α-hetero) is 1. The van der Waals surface area contributed by atoms with Crippen molar-refractivity contribution in [1.82, 2.24) is 19.6 Å². The van der Waals surface area contributed by atoms with Crippen LogP contribution in [0.5, 0.6) is 0 Å². The number of aromatic nitrogens is 4. The second-order valence-electron chi connectivity index (χ2n) is 9.58. The summed E-state index contributed by atoms with van der Waals surface area (Å²) in [6, 6.07) is 10.8. The molecule has 0 saturated heterocycles. The third-order valence-corrected chi connectivity index (χ3v) is 8.41. The first-order valence-corrected chi connectivity index (χ1v) is 14.7. The summed E-state index contributed by atoms with van der Waals surface area (Å²) in [7, 11) is 0. The number of hydrogen-bond acceptors (Lipinski definition) is 5. The summed E-state index contributed by atoms with van der Waals surface area (Å²) in [4.78, 5) is 23.5. The van der Waals surface area contributed by atoms with Crippen LogP contribution in [0.4, 0.5) is 0 Å². The Bertz CT molecular complexity index is 1660. The van der Waals surface area contributed by atoms with Gasteiger partial charge in [-0.1, -0.05) is 46.4 Å². The highest BCUT2D eigenvalue weighted by Crippen LogP contribution is 2.33. The minimum atomic E-state index is -0.308. The number of carbonyl (C=O) groups is 2. The van der Waals surface area contributed by atoms with Gasteiger partial charge in [-0.05, 0) is 81.0 Å². The van der Waals surface area contributed by atoms with E-state index in [1.165, 1.54) is 0 Å². The van der Waals surface area contributed by atoms with Crippen LogP contribution in [0, 0.1) is 0 Å². The number of allylic oxidation sites excluding steroid dienone is 1. The van der Waals surface area contributed by atoms with E-state index in [1.54, 1.807) is 54.3 Å². The predicted octanol–water partition coefficient (Wildman–Crippen LogP) is 8.16. The number of nitrogens with zero attached hydrogens (tertiary/aromatic N) is 4. The maximum Gasteiger partial charge on any atom is 0.331 e. The molecule has 41 heavy (non-hydrogen) atoms. The topological polar surface area (TPSA) is 79.0 Å². The smallest absolute Gasteiger partial charge is 0.331 e. The Morgan fingerprint density at radius 1 is 0.805 bits per heavy atom. The number of carbonyl (C=O) groups excluding carboxylic acids is 2. The molecule has 2 aliphatic carbocycles. The van der Waals surface area contributed by atoms with Crippen molar-refractivity contribution in [2.24, 2.45) is 0 Å². The van der Waals surface area contributed by atoms with Crippen molar-refractivity contribution in [3.05, 3.63) is 97.5 Å². The molecule has 2 heterocycles. The lowest BCUT2D eigenvalue weighted by atomic mass is 9.92. The first-order chi connectivity index (χ1) is 19.8. The molecule has 6 rings (SSSR count). The van der Waals surface area contributed by atoms with Gasteiger partial charge in [-0.3, -0.25) is 4.79 Å². The van der Waals surface area contributed by atoms with Crippen LogP contribution in [0.3, 0.4) is 0 Å². The molecule has 2 aliphatic rings. The van der Waals surface area contributed by atoms with Gasteiger partial charge in [0.2, 0.25) is 0 Å². The molecule has 0 N–H and O–H groups in total. The van der Waals surface area contributed by atoms with Gasteiger partial charge < -0.3 is 4.74 Å². The molecule has 0 aliphatic heterocycles. The van der Waals surface area contributed by atoms with Gasteiger partial charge in [-0.15, -0.1) is 0 Å². The van der Waals surface area contributed by atoms with Crippen molar-refractivity contribution in [3.63, 3.8) is 0 Å². The van der Waals surface area contributed by atoms with Crippen LogP contribution in [-0.2, 0) is 22.4 Å². The van der Waals surface area contributed by atoms with Crippen molar-refractivity contribution < 1.29 is 14.3 Å². The van der Waals surface area contributed by atoms with Gasteiger partial charge in [0.25, 0.3) is 0 Å². The van der Waals surface area contributed by atoms with Crippen molar-refractivity contribution in [2.45, 2.75) is 45.4 Å². The summed E-state index contributed by atoms with van der Waals surface area (Å²) < 4.78 is 8.63. The number of esters is 1. The number of rotatable bonds is 4. The van der Waals surface area contributed by atoms with Crippen molar-refractivity contribution in [2.75, 3.05) is 6.61 Å². The first kappa shape index (κ1) is 29.4. The quantitative estimate of drug-likeness (QED) is 0.168. The van der Waals surface area contributed by atoms with Gasteiger partial charge in [0.15, 0.2) is 5.78 Å². The molecule has 0 saturated carbocycles. The molecule has 7 nitrogen and oxygen atoms in total. The van der Waals surface area contributed by atoms with Crippen molar-refractivity contribution in [1.29, 1.82) is 0 Å². The normalized spacial score (nSPS) is 15.1. The number of hydrogen-bond donors (Lipinski definition) is 0. The van der Waals surface area contributed by atoms with Crippen LogP contribution in [-0.4, -0.2) is 37.9 Å². The van der Waals surface area contributed by atoms with E-state index in [-0.39, 0.29) is 11.8 Å². The second kappa shape index (κ2) is 12.8. The van der Waals surface area contributed by atoms with Gasteiger partial charge in [0, 0.05) is 18.1 Å². The van der Waals surface area contributed by atoms with Crippen molar-refractivity contribution >= 4 is 63.7 Å². The number of ether oxygens (including phenoxy) is 1. The zero-order valence-electron chi connectivity index (χ0n) is 22.2. The summed E-state index contributed by atoms with van der Waals surface area (Å²) in [6.45, 7) is 2.17. The van der Waals surface area contributed by atoms with E-state index in [1.807, 2.05) is 16.8 Å². The fourth-order valence-corrected chi connectivity index (χ4v) is 5.60. The number of ketones is 1. The Morgan fingerprint density at radius 2 is 1.34 bits per heavy atom. The monoisotopic (exact) mass is 630 g/mol. The Hall–Kier alpha value is -3.10.